The van der Waals surface area contributed by atoms with Crippen molar-refractivity contribution in [2.75, 3.05) is 7.11 Å². The lowest BCUT2D eigenvalue weighted by Gasteiger charge is -2.10. The first-order valence-electron chi connectivity index (χ1n) is 4.15. The molecule has 2 N–H and O–H groups in total. The van der Waals surface area contributed by atoms with E-state index in [9.17, 15) is 0 Å². The minimum Gasteiger partial charge on any atom is -0.496 e. The van der Waals surface area contributed by atoms with Gasteiger partial charge in [0.15, 0.2) is 0 Å². The number of methoxy groups -OCH3 is 1. The standard InChI is InChI=1S/C10H15NO2/c1-7-4-9(6-13-11)5-10(12-3)8(7)2/h4-5H,6,11H2,1-3H3. The molecule has 3 nitrogen and oxygen atoms in total. The Kier molecular flexibility index (Phi) is 3.28. The van der Waals surface area contributed by atoms with Crippen LogP contribution in [0.2, 0.25) is 0 Å². The predicted molar refractivity (Wildman–Crippen MR) is 51.4 cm³/mol. The Morgan fingerprint density at radius 3 is 2.54 bits per heavy atom. The maximum Gasteiger partial charge on any atom is 0.122 e. The number of rotatable bonds is 3. The summed E-state index contributed by atoms with van der Waals surface area (Å²) in [5, 5.41) is 0. The van der Waals surface area contributed by atoms with Crippen LogP contribution >= 0.6 is 0 Å². The highest BCUT2D eigenvalue weighted by atomic mass is 16.6. The summed E-state index contributed by atoms with van der Waals surface area (Å²) in [6.45, 7) is 4.48. The molecule has 0 unspecified atom stereocenters. The van der Waals surface area contributed by atoms with Gasteiger partial charge in [-0.15, -0.1) is 0 Å². The molecular weight excluding hydrogens is 166 g/mol. The molecule has 0 fully saturated rings. The van der Waals surface area contributed by atoms with E-state index in [-0.39, 0.29) is 0 Å². The van der Waals surface area contributed by atoms with Gasteiger partial charge in [0.25, 0.3) is 0 Å². The topological polar surface area (TPSA) is 44.5 Å². The summed E-state index contributed by atoms with van der Waals surface area (Å²) in [7, 11) is 1.66. The SMILES string of the molecule is COc1cc(CON)cc(C)c1C. The second kappa shape index (κ2) is 4.25. The fourth-order valence-electron chi connectivity index (χ4n) is 1.29. The van der Waals surface area contributed by atoms with Gasteiger partial charge in [-0.2, -0.15) is 0 Å². The highest BCUT2D eigenvalue weighted by molar-refractivity contribution is 5.42. The third kappa shape index (κ3) is 2.20. The van der Waals surface area contributed by atoms with E-state index >= 15 is 0 Å². The van der Waals surface area contributed by atoms with Crippen molar-refractivity contribution in [1.29, 1.82) is 0 Å². The summed E-state index contributed by atoms with van der Waals surface area (Å²) in [5.74, 6) is 5.88. The lowest BCUT2D eigenvalue weighted by Crippen LogP contribution is -2.00. The van der Waals surface area contributed by atoms with Gasteiger partial charge in [0.05, 0.1) is 13.7 Å². The van der Waals surface area contributed by atoms with Gasteiger partial charge >= 0.3 is 0 Å². The molecule has 1 rings (SSSR count). The van der Waals surface area contributed by atoms with Crippen molar-refractivity contribution in [3.8, 4) is 5.75 Å². The van der Waals surface area contributed by atoms with E-state index in [1.165, 1.54) is 5.56 Å². The van der Waals surface area contributed by atoms with Crippen LogP contribution in [-0.4, -0.2) is 7.11 Å². The van der Waals surface area contributed by atoms with E-state index in [1.807, 2.05) is 26.0 Å². The molecule has 0 saturated carbocycles. The van der Waals surface area contributed by atoms with E-state index in [0.29, 0.717) is 6.61 Å². The molecule has 0 aromatic heterocycles. The number of nitrogens with two attached hydrogens (primary N) is 1. The van der Waals surface area contributed by atoms with E-state index in [1.54, 1.807) is 7.11 Å². The minimum atomic E-state index is 0.414. The van der Waals surface area contributed by atoms with Crippen LogP contribution in [0.25, 0.3) is 0 Å². The number of benzene rings is 1. The van der Waals surface area contributed by atoms with Crippen molar-refractivity contribution in [3.63, 3.8) is 0 Å². The van der Waals surface area contributed by atoms with Gasteiger partial charge in [0.2, 0.25) is 0 Å². The van der Waals surface area contributed by atoms with Gasteiger partial charge in [-0.25, -0.2) is 5.90 Å². The first kappa shape index (κ1) is 10.0. The predicted octanol–water partition coefficient (Wildman–Crippen LogP) is 1.70. The van der Waals surface area contributed by atoms with Crippen LogP contribution in [0, 0.1) is 13.8 Å². The van der Waals surface area contributed by atoms with Crippen LogP contribution < -0.4 is 10.6 Å². The summed E-state index contributed by atoms with van der Waals surface area (Å²) in [5.41, 5.74) is 3.37. The van der Waals surface area contributed by atoms with Crippen LogP contribution in [0.3, 0.4) is 0 Å². The van der Waals surface area contributed by atoms with Crippen molar-refractivity contribution in [2.24, 2.45) is 5.90 Å². The average Bonchev–Trinajstić information content (AvgIpc) is 2.11. The lowest BCUT2D eigenvalue weighted by molar-refractivity contribution is 0.124. The highest BCUT2D eigenvalue weighted by Crippen LogP contribution is 2.23. The van der Waals surface area contributed by atoms with Crippen LogP contribution in [-0.2, 0) is 11.4 Å². The summed E-state index contributed by atoms with van der Waals surface area (Å²) in [6, 6.07) is 3.99. The smallest absolute Gasteiger partial charge is 0.122 e. The van der Waals surface area contributed by atoms with Crippen molar-refractivity contribution >= 4 is 0 Å². The summed E-state index contributed by atoms with van der Waals surface area (Å²) in [6.07, 6.45) is 0. The number of ether oxygens (including phenoxy) is 1. The highest BCUT2D eigenvalue weighted by Gasteiger charge is 2.04. The van der Waals surface area contributed by atoms with Gasteiger partial charge in [0.1, 0.15) is 5.75 Å². The largest absolute Gasteiger partial charge is 0.496 e. The Morgan fingerprint density at radius 1 is 1.31 bits per heavy atom. The average molecular weight is 181 g/mol. The Bertz CT molecular complexity index is 297. The first-order chi connectivity index (χ1) is 6.19. The zero-order chi connectivity index (χ0) is 9.84. The van der Waals surface area contributed by atoms with Crippen molar-refractivity contribution in [3.05, 3.63) is 28.8 Å². The van der Waals surface area contributed by atoms with Crippen LogP contribution in [0.15, 0.2) is 12.1 Å². The number of aryl methyl sites for hydroxylation is 1. The fraction of sp³-hybridized carbons (Fsp3) is 0.400. The molecule has 0 spiro atoms. The summed E-state index contributed by atoms with van der Waals surface area (Å²) in [4.78, 5) is 4.57. The third-order valence-electron chi connectivity index (χ3n) is 2.15. The minimum absolute atomic E-state index is 0.414. The van der Waals surface area contributed by atoms with Gasteiger partial charge in [-0.3, -0.25) is 4.84 Å². The van der Waals surface area contributed by atoms with Crippen LogP contribution in [0.5, 0.6) is 5.75 Å². The first-order valence-corrected chi connectivity index (χ1v) is 4.15. The molecule has 72 valence electrons. The Hall–Kier alpha value is -1.06. The second-order valence-corrected chi connectivity index (χ2v) is 3.05. The lowest BCUT2D eigenvalue weighted by atomic mass is 10.1. The summed E-state index contributed by atoms with van der Waals surface area (Å²) < 4.78 is 5.22. The molecule has 0 aliphatic rings. The van der Waals surface area contributed by atoms with Crippen molar-refractivity contribution in [2.45, 2.75) is 20.5 Å². The molecule has 0 bridgehead atoms. The Morgan fingerprint density at radius 2 is 2.00 bits per heavy atom. The Balaban J connectivity index is 3.06. The van der Waals surface area contributed by atoms with E-state index in [4.69, 9.17) is 10.6 Å². The maximum atomic E-state index is 5.22. The molecular formula is C10H15NO2. The molecule has 0 aliphatic carbocycles. The molecule has 0 heterocycles. The van der Waals surface area contributed by atoms with Gasteiger partial charge < -0.3 is 4.74 Å². The molecule has 1 aromatic rings. The molecule has 13 heavy (non-hydrogen) atoms. The number of hydrogen-bond acceptors (Lipinski definition) is 3. The quantitative estimate of drug-likeness (QED) is 0.722. The fourth-order valence-corrected chi connectivity index (χ4v) is 1.29. The molecule has 0 saturated heterocycles. The third-order valence-corrected chi connectivity index (χ3v) is 2.15. The maximum absolute atomic E-state index is 5.22. The number of hydrogen-bond donors (Lipinski definition) is 1. The second-order valence-electron chi connectivity index (χ2n) is 3.05. The van der Waals surface area contributed by atoms with E-state index in [2.05, 4.69) is 4.84 Å². The molecule has 3 heteroatoms. The van der Waals surface area contributed by atoms with E-state index in [0.717, 1.165) is 16.9 Å². The van der Waals surface area contributed by atoms with Crippen molar-refractivity contribution in [1.82, 2.24) is 0 Å². The van der Waals surface area contributed by atoms with Crippen LogP contribution in [0.1, 0.15) is 16.7 Å². The monoisotopic (exact) mass is 181 g/mol. The molecule has 0 atom stereocenters. The van der Waals surface area contributed by atoms with Crippen LogP contribution in [0.4, 0.5) is 0 Å². The molecule has 1 aromatic carbocycles. The van der Waals surface area contributed by atoms with Crippen molar-refractivity contribution < 1.29 is 9.57 Å². The normalized spacial score (nSPS) is 10.2. The van der Waals surface area contributed by atoms with E-state index < -0.39 is 0 Å². The zero-order valence-electron chi connectivity index (χ0n) is 8.26. The molecule has 0 aliphatic heterocycles. The summed E-state index contributed by atoms with van der Waals surface area (Å²) >= 11 is 0. The Labute approximate surface area is 78.4 Å². The molecule has 0 amide bonds. The zero-order valence-corrected chi connectivity index (χ0v) is 8.26. The molecule has 0 radical (unpaired) electrons. The van der Waals surface area contributed by atoms with Gasteiger partial charge in [-0.1, -0.05) is 6.07 Å². The van der Waals surface area contributed by atoms with Gasteiger partial charge in [-0.05, 0) is 36.6 Å². The van der Waals surface area contributed by atoms with Gasteiger partial charge in [0, 0.05) is 0 Å².